The first-order chi connectivity index (χ1) is 9.31. The maximum Gasteiger partial charge on any atom is 0.413 e. The van der Waals surface area contributed by atoms with Gasteiger partial charge in [-0.1, -0.05) is 6.07 Å². The molecule has 0 fully saturated rings. The summed E-state index contributed by atoms with van der Waals surface area (Å²) in [6, 6.07) is 3.54. The Morgan fingerprint density at radius 2 is 2.05 bits per heavy atom. The predicted molar refractivity (Wildman–Crippen MR) is 74.4 cm³/mol. The molecule has 1 aromatic heterocycles. The molecule has 0 spiro atoms. The van der Waals surface area contributed by atoms with E-state index >= 15 is 0 Å². The second-order valence-electron chi connectivity index (χ2n) is 5.21. The van der Waals surface area contributed by atoms with Gasteiger partial charge in [-0.3, -0.25) is 10.1 Å². The zero-order valence-electron chi connectivity index (χ0n) is 12.2. The summed E-state index contributed by atoms with van der Waals surface area (Å²) in [4.78, 5) is 26.9. The van der Waals surface area contributed by atoms with E-state index in [2.05, 4.69) is 15.0 Å². The van der Waals surface area contributed by atoms with Crippen molar-refractivity contribution >= 4 is 17.9 Å². The molecule has 0 atom stereocenters. The number of amides is 1. The fraction of sp³-hybridized carbons (Fsp3) is 0.500. The number of aromatic nitrogens is 1. The standard InChI is InChI=1S/C14H20N2O4/c1-14(2,3)20-13(18)16-12-10(6-5-9-15-12)7-8-11(17)19-4/h5-6,9H,7-8H2,1-4H3,(H,15,16,18). The predicted octanol–water partition coefficient (Wildman–Crippen LogP) is 2.53. The Labute approximate surface area is 118 Å². The van der Waals surface area contributed by atoms with Gasteiger partial charge < -0.3 is 9.47 Å². The fourth-order valence-corrected chi connectivity index (χ4v) is 1.49. The second-order valence-corrected chi connectivity index (χ2v) is 5.21. The van der Waals surface area contributed by atoms with E-state index in [9.17, 15) is 9.59 Å². The Hall–Kier alpha value is -2.11. The number of hydrogen-bond acceptors (Lipinski definition) is 5. The average molecular weight is 280 g/mol. The van der Waals surface area contributed by atoms with Crippen LogP contribution in [0.25, 0.3) is 0 Å². The molecule has 0 saturated heterocycles. The maximum absolute atomic E-state index is 11.7. The summed E-state index contributed by atoms with van der Waals surface area (Å²) in [6.07, 6.45) is 1.65. The summed E-state index contributed by atoms with van der Waals surface area (Å²) in [5.74, 6) is 0.0859. The summed E-state index contributed by atoms with van der Waals surface area (Å²) < 4.78 is 9.75. The first-order valence-corrected chi connectivity index (χ1v) is 6.32. The van der Waals surface area contributed by atoms with Crippen LogP contribution in [0.3, 0.4) is 0 Å². The molecule has 1 amide bonds. The van der Waals surface area contributed by atoms with Crippen molar-refractivity contribution in [3.8, 4) is 0 Å². The molecule has 1 N–H and O–H groups in total. The highest BCUT2D eigenvalue weighted by molar-refractivity contribution is 5.84. The number of pyridine rings is 1. The molecule has 110 valence electrons. The first-order valence-electron chi connectivity index (χ1n) is 6.32. The van der Waals surface area contributed by atoms with Crippen molar-refractivity contribution in [1.29, 1.82) is 0 Å². The van der Waals surface area contributed by atoms with Gasteiger partial charge in [0.2, 0.25) is 0 Å². The molecule has 20 heavy (non-hydrogen) atoms. The number of anilines is 1. The maximum atomic E-state index is 11.7. The normalized spacial score (nSPS) is 10.8. The Kier molecular flexibility index (Phi) is 5.49. The third-order valence-electron chi connectivity index (χ3n) is 2.34. The third kappa shape index (κ3) is 5.69. The first kappa shape index (κ1) is 15.9. The number of nitrogens with zero attached hydrogens (tertiary/aromatic N) is 1. The van der Waals surface area contributed by atoms with Crippen molar-refractivity contribution in [2.24, 2.45) is 0 Å². The molecule has 0 aliphatic heterocycles. The number of ether oxygens (including phenoxy) is 2. The lowest BCUT2D eigenvalue weighted by Crippen LogP contribution is -2.27. The highest BCUT2D eigenvalue weighted by atomic mass is 16.6. The second kappa shape index (κ2) is 6.88. The molecule has 0 aromatic carbocycles. The largest absolute Gasteiger partial charge is 0.469 e. The number of carbonyl (C=O) groups is 2. The van der Waals surface area contributed by atoms with E-state index in [1.165, 1.54) is 7.11 Å². The summed E-state index contributed by atoms with van der Waals surface area (Å²) in [6.45, 7) is 5.34. The fourth-order valence-electron chi connectivity index (χ4n) is 1.49. The quantitative estimate of drug-likeness (QED) is 0.857. The van der Waals surface area contributed by atoms with Crippen LogP contribution in [0.2, 0.25) is 0 Å². The van der Waals surface area contributed by atoms with Crippen molar-refractivity contribution in [3.05, 3.63) is 23.9 Å². The van der Waals surface area contributed by atoms with E-state index in [1.807, 2.05) is 0 Å². The van der Waals surface area contributed by atoms with Crippen LogP contribution >= 0.6 is 0 Å². The monoisotopic (exact) mass is 280 g/mol. The molecule has 0 aliphatic carbocycles. The van der Waals surface area contributed by atoms with Crippen molar-refractivity contribution < 1.29 is 19.1 Å². The Morgan fingerprint density at radius 1 is 1.35 bits per heavy atom. The van der Waals surface area contributed by atoms with Crippen LogP contribution in [0.15, 0.2) is 18.3 Å². The van der Waals surface area contributed by atoms with Crippen molar-refractivity contribution in [3.63, 3.8) is 0 Å². The van der Waals surface area contributed by atoms with Crippen molar-refractivity contribution in [2.75, 3.05) is 12.4 Å². The van der Waals surface area contributed by atoms with Gasteiger partial charge in [0.15, 0.2) is 0 Å². The van der Waals surface area contributed by atoms with Gasteiger partial charge in [-0.15, -0.1) is 0 Å². The molecule has 1 aromatic rings. The van der Waals surface area contributed by atoms with Crippen molar-refractivity contribution in [1.82, 2.24) is 4.98 Å². The topological polar surface area (TPSA) is 77.5 Å². The number of aryl methyl sites for hydroxylation is 1. The number of carbonyl (C=O) groups excluding carboxylic acids is 2. The molecule has 0 unspecified atom stereocenters. The Morgan fingerprint density at radius 3 is 2.65 bits per heavy atom. The zero-order valence-corrected chi connectivity index (χ0v) is 12.2. The van der Waals surface area contributed by atoms with Crippen LogP contribution in [-0.4, -0.2) is 29.8 Å². The minimum absolute atomic E-state index is 0.227. The lowest BCUT2D eigenvalue weighted by Gasteiger charge is -2.20. The van der Waals surface area contributed by atoms with Crippen molar-refractivity contribution in [2.45, 2.75) is 39.2 Å². The van der Waals surface area contributed by atoms with Gasteiger partial charge in [0.05, 0.1) is 7.11 Å². The minimum atomic E-state index is -0.578. The van der Waals surface area contributed by atoms with E-state index < -0.39 is 11.7 Å². The molecule has 6 nitrogen and oxygen atoms in total. The lowest BCUT2D eigenvalue weighted by molar-refractivity contribution is -0.140. The van der Waals surface area contributed by atoms with E-state index in [0.717, 1.165) is 5.56 Å². The van der Waals surface area contributed by atoms with E-state index in [-0.39, 0.29) is 12.4 Å². The molecule has 6 heteroatoms. The molecule has 1 rings (SSSR count). The molecule has 1 heterocycles. The van der Waals surface area contributed by atoms with Crippen LogP contribution in [0, 0.1) is 0 Å². The van der Waals surface area contributed by atoms with E-state index in [4.69, 9.17) is 4.74 Å². The lowest BCUT2D eigenvalue weighted by atomic mass is 10.1. The van der Waals surface area contributed by atoms with Gasteiger partial charge in [-0.2, -0.15) is 0 Å². The smallest absolute Gasteiger partial charge is 0.413 e. The molecule has 0 radical (unpaired) electrons. The summed E-state index contributed by atoms with van der Waals surface area (Å²) in [5.41, 5.74) is 0.175. The highest BCUT2D eigenvalue weighted by Crippen LogP contribution is 2.16. The number of nitrogens with one attached hydrogen (secondary N) is 1. The van der Waals surface area contributed by atoms with Gasteiger partial charge in [-0.25, -0.2) is 9.78 Å². The van der Waals surface area contributed by atoms with Crippen LogP contribution in [-0.2, 0) is 20.7 Å². The molecule has 0 aliphatic rings. The average Bonchev–Trinajstić information content (AvgIpc) is 2.35. The summed E-state index contributed by atoms with van der Waals surface area (Å²) in [5, 5.41) is 2.58. The number of esters is 1. The van der Waals surface area contributed by atoms with Gasteiger partial charge in [0.1, 0.15) is 11.4 Å². The zero-order chi connectivity index (χ0) is 15.2. The van der Waals surface area contributed by atoms with Gasteiger partial charge in [0.25, 0.3) is 0 Å². The van der Waals surface area contributed by atoms with Gasteiger partial charge >= 0.3 is 12.1 Å². The minimum Gasteiger partial charge on any atom is -0.469 e. The highest BCUT2D eigenvalue weighted by Gasteiger charge is 2.17. The number of methoxy groups -OCH3 is 1. The van der Waals surface area contributed by atoms with Gasteiger partial charge in [-0.05, 0) is 38.8 Å². The molecular weight excluding hydrogens is 260 g/mol. The number of rotatable bonds is 4. The van der Waals surface area contributed by atoms with E-state index in [1.54, 1.807) is 39.1 Å². The summed E-state index contributed by atoms with van der Waals surface area (Å²) in [7, 11) is 1.34. The number of hydrogen-bond donors (Lipinski definition) is 1. The molecule has 0 bridgehead atoms. The summed E-state index contributed by atoms with van der Waals surface area (Å²) >= 11 is 0. The Bertz CT molecular complexity index is 480. The van der Waals surface area contributed by atoms with E-state index in [0.29, 0.717) is 12.2 Å². The van der Waals surface area contributed by atoms with Crippen LogP contribution in [0.5, 0.6) is 0 Å². The van der Waals surface area contributed by atoms with Crippen LogP contribution < -0.4 is 5.32 Å². The SMILES string of the molecule is COC(=O)CCc1cccnc1NC(=O)OC(C)(C)C. The van der Waals surface area contributed by atoms with Crippen LogP contribution in [0.1, 0.15) is 32.8 Å². The molecular formula is C14H20N2O4. The van der Waals surface area contributed by atoms with Crippen LogP contribution in [0.4, 0.5) is 10.6 Å². The third-order valence-corrected chi connectivity index (χ3v) is 2.34. The molecule has 0 saturated carbocycles. The van der Waals surface area contributed by atoms with Gasteiger partial charge in [0, 0.05) is 12.6 Å². The Balaban J connectivity index is 2.70.